The van der Waals surface area contributed by atoms with Crippen LogP contribution in [0.15, 0.2) is 53.4 Å². The van der Waals surface area contributed by atoms with E-state index in [0.717, 1.165) is 10.5 Å². The van der Waals surface area contributed by atoms with Gasteiger partial charge in [0.1, 0.15) is 0 Å². The molecule has 0 bridgehead atoms. The number of thiol groups is 1. The summed E-state index contributed by atoms with van der Waals surface area (Å²) in [5, 5.41) is 20.2. The van der Waals surface area contributed by atoms with Crippen LogP contribution in [-0.4, -0.2) is 9.85 Å². The molecule has 0 aliphatic rings. The molecule has 0 fully saturated rings. The molecule has 20 heavy (non-hydrogen) atoms. The first-order chi connectivity index (χ1) is 9.40. The topological polar surface area (TPSA) is 86.3 Å². The molecule has 7 heteroatoms. The Kier molecular flexibility index (Phi) is 5.67. The number of nitro groups is 2. The van der Waals surface area contributed by atoms with E-state index in [1.54, 1.807) is 24.3 Å². The zero-order chi connectivity index (χ0) is 15.1. The fourth-order valence-corrected chi connectivity index (χ4v) is 1.39. The number of aryl methyl sites for hydroxylation is 1. The standard InChI is InChI=1S/C7H7NO2.C6H5NO2S/c1-6-2-4-7(5-3-6)8(9)10;8-7(9)5-1-3-6(10)4-2-5/h2-5H,1H3;1-4,10H. The van der Waals surface area contributed by atoms with Crippen LogP contribution in [0.25, 0.3) is 0 Å². The van der Waals surface area contributed by atoms with E-state index < -0.39 is 9.85 Å². The van der Waals surface area contributed by atoms with E-state index in [1.807, 2.05) is 6.92 Å². The van der Waals surface area contributed by atoms with Gasteiger partial charge in [-0.3, -0.25) is 20.2 Å². The van der Waals surface area contributed by atoms with Crippen molar-refractivity contribution in [2.24, 2.45) is 0 Å². The second kappa shape index (κ2) is 7.25. The van der Waals surface area contributed by atoms with Gasteiger partial charge in [0.25, 0.3) is 11.4 Å². The zero-order valence-corrected chi connectivity index (χ0v) is 11.5. The van der Waals surface area contributed by atoms with Crippen molar-refractivity contribution in [1.29, 1.82) is 0 Å². The third kappa shape index (κ3) is 5.07. The number of hydrogen-bond acceptors (Lipinski definition) is 5. The van der Waals surface area contributed by atoms with Gasteiger partial charge < -0.3 is 0 Å². The van der Waals surface area contributed by atoms with Crippen molar-refractivity contribution in [1.82, 2.24) is 0 Å². The van der Waals surface area contributed by atoms with Gasteiger partial charge in [0.15, 0.2) is 0 Å². The molecule has 2 aromatic rings. The largest absolute Gasteiger partial charge is 0.269 e. The molecular weight excluding hydrogens is 280 g/mol. The summed E-state index contributed by atoms with van der Waals surface area (Å²) in [6, 6.07) is 12.4. The quantitative estimate of drug-likeness (QED) is 0.518. The number of nitrogens with zero attached hydrogens (tertiary/aromatic N) is 2. The predicted molar refractivity (Wildman–Crippen MR) is 78.2 cm³/mol. The third-order valence-corrected chi connectivity index (χ3v) is 2.60. The molecular formula is C13H12N2O4S. The fraction of sp³-hybridized carbons (Fsp3) is 0.0769. The van der Waals surface area contributed by atoms with E-state index in [2.05, 4.69) is 12.6 Å². The van der Waals surface area contributed by atoms with E-state index in [4.69, 9.17) is 0 Å². The number of non-ortho nitro benzene ring substituents is 2. The average molecular weight is 292 g/mol. The van der Waals surface area contributed by atoms with Crippen LogP contribution < -0.4 is 0 Å². The minimum Gasteiger partial charge on any atom is -0.258 e. The number of hydrogen-bond donors (Lipinski definition) is 1. The molecule has 0 aromatic heterocycles. The Hall–Kier alpha value is -2.41. The predicted octanol–water partition coefficient (Wildman–Crippen LogP) is 3.79. The molecule has 2 aromatic carbocycles. The van der Waals surface area contributed by atoms with Crippen LogP contribution in [0, 0.1) is 27.2 Å². The van der Waals surface area contributed by atoms with Crippen molar-refractivity contribution in [3.05, 3.63) is 74.3 Å². The minimum absolute atomic E-state index is 0.0952. The number of benzene rings is 2. The summed E-state index contributed by atoms with van der Waals surface area (Å²) in [6.07, 6.45) is 0. The van der Waals surface area contributed by atoms with E-state index in [1.165, 1.54) is 24.3 Å². The summed E-state index contributed by atoms with van der Waals surface area (Å²) >= 11 is 3.98. The third-order valence-electron chi connectivity index (χ3n) is 2.31. The lowest BCUT2D eigenvalue weighted by Gasteiger charge is -1.90. The number of rotatable bonds is 2. The molecule has 104 valence electrons. The lowest BCUT2D eigenvalue weighted by molar-refractivity contribution is -0.385. The summed E-state index contributed by atoms with van der Waals surface area (Å²) < 4.78 is 0. The number of nitro benzene ring substituents is 2. The van der Waals surface area contributed by atoms with Gasteiger partial charge in [-0.05, 0) is 19.1 Å². The highest BCUT2D eigenvalue weighted by atomic mass is 32.1. The maximum Gasteiger partial charge on any atom is 0.269 e. The maximum atomic E-state index is 10.1. The van der Waals surface area contributed by atoms with Crippen molar-refractivity contribution in [2.45, 2.75) is 11.8 Å². The monoisotopic (exact) mass is 292 g/mol. The molecule has 0 unspecified atom stereocenters. The molecule has 0 aliphatic carbocycles. The van der Waals surface area contributed by atoms with Gasteiger partial charge in [-0.1, -0.05) is 17.7 Å². The molecule has 2 rings (SSSR count). The van der Waals surface area contributed by atoms with Gasteiger partial charge in [0, 0.05) is 29.2 Å². The van der Waals surface area contributed by atoms with Crippen LogP contribution in [-0.2, 0) is 0 Å². The van der Waals surface area contributed by atoms with Crippen LogP contribution in [0.5, 0.6) is 0 Å². The Morgan fingerprint density at radius 1 is 0.800 bits per heavy atom. The van der Waals surface area contributed by atoms with Crippen molar-refractivity contribution < 1.29 is 9.85 Å². The van der Waals surface area contributed by atoms with Gasteiger partial charge in [-0.15, -0.1) is 12.6 Å². The Morgan fingerprint density at radius 3 is 1.50 bits per heavy atom. The Bertz CT molecular complexity index is 541. The van der Waals surface area contributed by atoms with Crippen molar-refractivity contribution >= 4 is 24.0 Å². The highest BCUT2D eigenvalue weighted by Crippen LogP contribution is 2.13. The zero-order valence-electron chi connectivity index (χ0n) is 10.6. The van der Waals surface area contributed by atoms with E-state index >= 15 is 0 Å². The van der Waals surface area contributed by atoms with Gasteiger partial charge in [-0.2, -0.15) is 0 Å². The Labute approximate surface area is 120 Å². The van der Waals surface area contributed by atoms with Gasteiger partial charge in [0.05, 0.1) is 9.85 Å². The maximum absolute atomic E-state index is 10.1. The molecule has 0 spiro atoms. The van der Waals surface area contributed by atoms with Crippen LogP contribution in [0.1, 0.15) is 5.56 Å². The summed E-state index contributed by atoms with van der Waals surface area (Å²) in [5.41, 5.74) is 1.27. The lowest BCUT2D eigenvalue weighted by Crippen LogP contribution is -1.86. The summed E-state index contributed by atoms with van der Waals surface area (Å²) in [6.45, 7) is 1.89. The van der Waals surface area contributed by atoms with Crippen molar-refractivity contribution in [3.63, 3.8) is 0 Å². The smallest absolute Gasteiger partial charge is 0.258 e. The summed E-state index contributed by atoms with van der Waals surface area (Å²) in [4.78, 5) is 20.1. The Morgan fingerprint density at radius 2 is 1.15 bits per heavy atom. The molecule has 0 saturated carbocycles. The van der Waals surface area contributed by atoms with E-state index in [-0.39, 0.29) is 11.4 Å². The second-order valence-corrected chi connectivity index (χ2v) is 4.38. The molecule has 0 amide bonds. The molecule has 0 heterocycles. The second-order valence-electron chi connectivity index (χ2n) is 3.87. The van der Waals surface area contributed by atoms with Crippen LogP contribution in [0.3, 0.4) is 0 Å². The molecule has 0 saturated heterocycles. The molecule has 6 nitrogen and oxygen atoms in total. The average Bonchev–Trinajstić information content (AvgIpc) is 2.40. The minimum atomic E-state index is -0.437. The first-order valence-electron chi connectivity index (χ1n) is 5.54. The summed E-state index contributed by atoms with van der Waals surface area (Å²) in [7, 11) is 0. The van der Waals surface area contributed by atoms with Crippen LogP contribution in [0.2, 0.25) is 0 Å². The van der Waals surface area contributed by atoms with Crippen molar-refractivity contribution in [3.8, 4) is 0 Å². The van der Waals surface area contributed by atoms with Gasteiger partial charge >= 0.3 is 0 Å². The van der Waals surface area contributed by atoms with E-state index in [9.17, 15) is 20.2 Å². The molecule has 0 N–H and O–H groups in total. The van der Waals surface area contributed by atoms with Crippen LogP contribution >= 0.6 is 12.6 Å². The normalized spacial score (nSPS) is 9.30. The molecule has 0 radical (unpaired) electrons. The van der Waals surface area contributed by atoms with Crippen LogP contribution in [0.4, 0.5) is 11.4 Å². The fourth-order valence-electron chi connectivity index (χ4n) is 1.24. The highest BCUT2D eigenvalue weighted by molar-refractivity contribution is 7.80. The summed E-state index contributed by atoms with van der Waals surface area (Å²) in [5.74, 6) is 0. The highest BCUT2D eigenvalue weighted by Gasteiger charge is 2.01. The van der Waals surface area contributed by atoms with Gasteiger partial charge in [0.2, 0.25) is 0 Å². The van der Waals surface area contributed by atoms with Gasteiger partial charge in [-0.25, -0.2) is 0 Å². The Balaban J connectivity index is 0.000000200. The first kappa shape index (κ1) is 15.6. The molecule has 0 aliphatic heterocycles. The lowest BCUT2D eigenvalue weighted by atomic mass is 10.2. The van der Waals surface area contributed by atoms with Crippen molar-refractivity contribution in [2.75, 3.05) is 0 Å². The first-order valence-corrected chi connectivity index (χ1v) is 5.99. The SMILES string of the molecule is Cc1ccc([N+](=O)[O-])cc1.O=[N+]([O-])c1ccc(S)cc1. The van der Waals surface area contributed by atoms with E-state index in [0.29, 0.717) is 0 Å². The molecule has 0 atom stereocenters.